The van der Waals surface area contributed by atoms with Crippen LogP contribution in [0.25, 0.3) is 0 Å². The van der Waals surface area contributed by atoms with Crippen molar-refractivity contribution in [3.05, 3.63) is 56.4 Å². The summed E-state index contributed by atoms with van der Waals surface area (Å²) in [6.07, 6.45) is 0.992. The number of aromatic nitrogens is 3. The van der Waals surface area contributed by atoms with Crippen LogP contribution >= 0.6 is 46.7 Å². The number of nitrogens with zero attached hydrogens (tertiary/aromatic N) is 5. The molecule has 1 N–H and O–H groups in total. The Morgan fingerprint density at radius 3 is 2.78 bits per heavy atom. The van der Waals surface area contributed by atoms with Crippen LogP contribution in [0.2, 0.25) is 0 Å². The molecule has 3 aromatic heterocycles. The Labute approximate surface area is 185 Å². The van der Waals surface area contributed by atoms with Crippen molar-refractivity contribution in [3.63, 3.8) is 0 Å². The SMILES string of the molecule is Cc1nnc(CN=C(NCCc2cccs2)N(C)Cc2ccsc2)n1C.I. The number of nitrogens with one attached hydrogen (secondary N) is 1. The fourth-order valence-corrected chi connectivity index (χ4v) is 3.90. The van der Waals surface area contributed by atoms with Gasteiger partial charge in [0.15, 0.2) is 11.8 Å². The van der Waals surface area contributed by atoms with E-state index in [0.717, 1.165) is 37.1 Å². The molecule has 0 aliphatic carbocycles. The third-order valence-electron chi connectivity index (χ3n) is 4.15. The van der Waals surface area contributed by atoms with Gasteiger partial charge in [-0.05, 0) is 47.2 Å². The Bertz CT molecular complexity index is 826. The normalized spacial score (nSPS) is 11.3. The lowest BCUT2D eigenvalue weighted by Crippen LogP contribution is -2.39. The van der Waals surface area contributed by atoms with Gasteiger partial charge in [-0.3, -0.25) is 0 Å². The Balaban J connectivity index is 0.00000261. The van der Waals surface area contributed by atoms with Crippen LogP contribution in [-0.2, 0) is 26.6 Å². The molecule has 0 aliphatic rings. The maximum atomic E-state index is 4.78. The summed E-state index contributed by atoms with van der Waals surface area (Å²) < 4.78 is 1.98. The second-order valence-electron chi connectivity index (χ2n) is 6.11. The summed E-state index contributed by atoms with van der Waals surface area (Å²) in [6.45, 7) is 4.13. The van der Waals surface area contributed by atoms with Gasteiger partial charge in [-0.25, -0.2) is 4.99 Å². The Morgan fingerprint density at radius 2 is 2.15 bits per heavy atom. The van der Waals surface area contributed by atoms with E-state index >= 15 is 0 Å². The molecule has 0 saturated carbocycles. The molecule has 146 valence electrons. The molecule has 9 heteroatoms. The summed E-state index contributed by atoms with van der Waals surface area (Å²) in [5.74, 6) is 2.64. The van der Waals surface area contributed by atoms with Gasteiger partial charge in [-0.2, -0.15) is 11.3 Å². The van der Waals surface area contributed by atoms with Gasteiger partial charge in [0.05, 0.1) is 0 Å². The van der Waals surface area contributed by atoms with Crippen LogP contribution in [-0.4, -0.2) is 39.2 Å². The number of aryl methyl sites for hydroxylation is 1. The number of rotatable bonds is 7. The molecule has 0 aromatic carbocycles. The van der Waals surface area contributed by atoms with Crippen LogP contribution in [0.4, 0.5) is 0 Å². The van der Waals surface area contributed by atoms with Gasteiger partial charge in [0.1, 0.15) is 12.4 Å². The van der Waals surface area contributed by atoms with E-state index < -0.39 is 0 Å². The fourth-order valence-electron chi connectivity index (χ4n) is 2.53. The van der Waals surface area contributed by atoms with Crippen LogP contribution in [0, 0.1) is 6.92 Å². The first-order valence-corrected chi connectivity index (χ1v) is 10.3. The molecule has 0 saturated heterocycles. The molecule has 0 spiro atoms. The van der Waals surface area contributed by atoms with E-state index in [1.807, 2.05) is 18.5 Å². The number of aliphatic imine (C=N–C) groups is 1. The summed E-state index contributed by atoms with van der Waals surface area (Å²) in [4.78, 5) is 8.31. The van der Waals surface area contributed by atoms with Crippen LogP contribution in [0.1, 0.15) is 22.1 Å². The first-order valence-electron chi connectivity index (χ1n) is 8.51. The van der Waals surface area contributed by atoms with Crippen LogP contribution < -0.4 is 5.32 Å². The van der Waals surface area contributed by atoms with Crippen LogP contribution in [0.5, 0.6) is 0 Å². The van der Waals surface area contributed by atoms with E-state index in [4.69, 9.17) is 4.99 Å². The summed E-state index contributed by atoms with van der Waals surface area (Å²) in [6, 6.07) is 6.41. The highest BCUT2D eigenvalue weighted by Gasteiger charge is 2.10. The van der Waals surface area contributed by atoms with Gasteiger partial charge in [0, 0.05) is 32.1 Å². The topological polar surface area (TPSA) is 58.3 Å². The van der Waals surface area contributed by atoms with Crippen molar-refractivity contribution in [2.75, 3.05) is 13.6 Å². The third kappa shape index (κ3) is 6.28. The lowest BCUT2D eigenvalue weighted by molar-refractivity contribution is 0.475. The van der Waals surface area contributed by atoms with Crippen LogP contribution in [0.3, 0.4) is 0 Å². The van der Waals surface area contributed by atoms with E-state index in [1.165, 1.54) is 10.4 Å². The molecule has 3 heterocycles. The van der Waals surface area contributed by atoms with E-state index in [2.05, 4.69) is 61.8 Å². The van der Waals surface area contributed by atoms with E-state index in [1.54, 1.807) is 22.7 Å². The van der Waals surface area contributed by atoms with Crippen molar-refractivity contribution in [1.82, 2.24) is 25.0 Å². The quantitative estimate of drug-likeness (QED) is 0.296. The molecule has 0 radical (unpaired) electrons. The standard InChI is InChI=1S/C18H24N6S2.HI/c1-14-21-22-17(24(14)3)11-20-18(19-8-6-16-5-4-9-26-16)23(2)12-15-7-10-25-13-15;/h4-5,7,9-10,13H,6,8,11-12H2,1-3H3,(H,19,20);1H. The molecule has 27 heavy (non-hydrogen) atoms. The molecule has 6 nitrogen and oxygen atoms in total. The van der Waals surface area contributed by atoms with Gasteiger partial charge >= 0.3 is 0 Å². The van der Waals surface area contributed by atoms with Crippen LogP contribution in [0.15, 0.2) is 39.3 Å². The number of halogens is 1. The average molecular weight is 516 g/mol. The Hall–Kier alpha value is -1.46. The minimum Gasteiger partial charge on any atom is -0.356 e. The minimum absolute atomic E-state index is 0. The zero-order valence-electron chi connectivity index (χ0n) is 15.8. The fraction of sp³-hybridized carbons (Fsp3) is 0.389. The van der Waals surface area contributed by atoms with E-state index in [0.29, 0.717) is 6.54 Å². The largest absolute Gasteiger partial charge is 0.356 e. The summed E-state index contributed by atoms with van der Waals surface area (Å²) in [7, 11) is 4.04. The Kier molecular flexibility index (Phi) is 8.71. The van der Waals surface area contributed by atoms with Gasteiger partial charge in [-0.1, -0.05) is 6.07 Å². The molecule has 0 amide bonds. The smallest absolute Gasteiger partial charge is 0.194 e. The third-order valence-corrected chi connectivity index (χ3v) is 5.82. The van der Waals surface area contributed by atoms with Gasteiger partial charge < -0.3 is 14.8 Å². The lowest BCUT2D eigenvalue weighted by atomic mass is 10.3. The maximum Gasteiger partial charge on any atom is 0.194 e. The molecule has 3 rings (SSSR count). The van der Waals surface area contributed by atoms with Gasteiger partial charge in [0.2, 0.25) is 0 Å². The molecule has 0 bridgehead atoms. The van der Waals surface area contributed by atoms with Crippen molar-refractivity contribution < 1.29 is 0 Å². The number of hydrogen-bond acceptors (Lipinski definition) is 5. The highest BCUT2D eigenvalue weighted by Crippen LogP contribution is 2.10. The predicted octanol–water partition coefficient (Wildman–Crippen LogP) is 3.68. The molecule has 0 atom stereocenters. The number of thiophene rings is 2. The predicted molar refractivity (Wildman–Crippen MR) is 124 cm³/mol. The molecular formula is C18H25IN6S2. The summed E-state index contributed by atoms with van der Waals surface area (Å²) in [5.41, 5.74) is 1.29. The Morgan fingerprint density at radius 1 is 1.30 bits per heavy atom. The van der Waals surface area contributed by atoms with Crippen molar-refractivity contribution in [2.45, 2.75) is 26.4 Å². The average Bonchev–Trinajstić information content (AvgIpc) is 3.37. The van der Waals surface area contributed by atoms with Crippen molar-refractivity contribution in [2.24, 2.45) is 12.0 Å². The number of guanidine groups is 1. The highest BCUT2D eigenvalue weighted by molar-refractivity contribution is 14.0. The van der Waals surface area contributed by atoms with Gasteiger partial charge in [-0.15, -0.1) is 45.5 Å². The first-order chi connectivity index (χ1) is 12.6. The van der Waals surface area contributed by atoms with Crippen molar-refractivity contribution in [3.8, 4) is 0 Å². The minimum atomic E-state index is 0. The van der Waals surface area contributed by atoms with E-state index in [9.17, 15) is 0 Å². The molecular weight excluding hydrogens is 491 g/mol. The molecule has 0 fully saturated rings. The monoisotopic (exact) mass is 516 g/mol. The van der Waals surface area contributed by atoms with Gasteiger partial charge in [0.25, 0.3) is 0 Å². The number of hydrogen-bond donors (Lipinski definition) is 1. The lowest BCUT2D eigenvalue weighted by Gasteiger charge is -2.22. The molecule has 0 unspecified atom stereocenters. The zero-order valence-corrected chi connectivity index (χ0v) is 19.7. The summed E-state index contributed by atoms with van der Waals surface area (Å²) >= 11 is 3.51. The highest BCUT2D eigenvalue weighted by atomic mass is 127. The maximum absolute atomic E-state index is 4.78. The van der Waals surface area contributed by atoms with Crippen molar-refractivity contribution >= 4 is 52.6 Å². The first kappa shape index (κ1) is 21.8. The zero-order chi connectivity index (χ0) is 18.4. The van der Waals surface area contributed by atoms with E-state index in [-0.39, 0.29) is 24.0 Å². The second kappa shape index (κ2) is 10.8. The molecule has 0 aliphatic heterocycles. The second-order valence-corrected chi connectivity index (χ2v) is 7.92. The molecule has 3 aromatic rings. The van der Waals surface area contributed by atoms with Crippen molar-refractivity contribution in [1.29, 1.82) is 0 Å². The summed E-state index contributed by atoms with van der Waals surface area (Å²) in [5, 5.41) is 18.2.